The molecule has 16 heavy (non-hydrogen) atoms. The van der Waals surface area contributed by atoms with Crippen LogP contribution in [0.25, 0.3) is 0 Å². The number of primary sulfonamides is 1. The SMILES string of the molecule is NS(=O)(=O)c1ccc(CCCCO)c(Cl)c1. The second kappa shape index (κ2) is 5.63. The van der Waals surface area contributed by atoms with E-state index in [1.54, 1.807) is 6.07 Å². The second-order valence-electron chi connectivity index (χ2n) is 3.48. The standard InChI is InChI=1S/C10H14ClNO3S/c11-10-7-9(16(12,14)15)5-4-8(10)3-1-2-6-13/h4-5,7,13H,1-3,6H2,(H2,12,14,15). The number of sulfonamides is 1. The number of aliphatic hydroxyl groups is 1. The van der Waals surface area contributed by atoms with E-state index in [9.17, 15) is 8.42 Å². The van der Waals surface area contributed by atoms with E-state index in [1.807, 2.05) is 0 Å². The molecule has 0 saturated heterocycles. The molecule has 0 aromatic heterocycles. The Bertz CT molecular complexity index is 459. The van der Waals surface area contributed by atoms with Gasteiger partial charge in [-0.25, -0.2) is 13.6 Å². The first-order valence-corrected chi connectivity index (χ1v) is 6.79. The van der Waals surface area contributed by atoms with Crippen molar-refractivity contribution in [1.82, 2.24) is 0 Å². The summed E-state index contributed by atoms with van der Waals surface area (Å²) < 4.78 is 22.1. The maximum Gasteiger partial charge on any atom is 0.238 e. The highest BCUT2D eigenvalue weighted by atomic mass is 35.5. The van der Waals surface area contributed by atoms with Gasteiger partial charge in [0.2, 0.25) is 10.0 Å². The molecule has 0 aliphatic heterocycles. The Morgan fingerprint density at radius 1 is 1.31 bits per heavy atom. The minimum Gasteiger partial charge on any atom is -0.396 e. The van der Waals surface area contributed by atoms with Crippen LogP contribution in [-0.4, -0.2) is 20.1 Å². The molecule has 1 aromatic carbocycles. The fourth-order valence-electron chi connectivity index (χ4n) is 1.34. The van der Waals surface area contributed by atoms with Crippen molar-refractivity contribution < 1.29 is 13.5 Å². The van der Waals surface area contributed by atoms with E-state index in [0.717, 1.165) is 12.0 Å². The van der Waals surface area contributed by atoms with Gasteiger partial charge in [0.15, 0.2) is 0 Å². The molecular weight excluding hydrogens is 250 g/mol. The third kappa shape index (κ3) is 3.75. The van der Waals surface area contributed by atoms with E-state index in [2.05, 4.69) is 0 Å². The van der Waals surface area contributed by atoms with E-state index in [4.69, 9.17) is 21.8 Å². The summed E-state index contributed by atoms with van der Waals surface area (Å²) >= 11 is 5.93. The maximum atomic E-state index is 11.0. The van der Waals surface area contributed by atoms with Crippen molar-refractivity contribution in [2.24, 2.45) is 5.14 Å². The number of benzene rings is 1. The van der Waals surface area contributed by atoms with Crippen LogP contribution in [0, 0.1) is 0 Å². The van der Waals surface area contributed by atoms with Gasteiger partial charge in [-0.2, -0.15) is 0 Å². The third-order valence-electron chi connectivity index (χ3n) is 2.21. The number of aliphatic hydroxyl groups excluding tert-OH is 1. The summed E-state index contributed by atoms with van der Waals surface area (Å²) in [5, 5.41) is 14.0. The summed E-state index contributed by atoms with van der Waals surface area (Å²) in [6, 6.07) is 4.44. The van der Waals surface area contributed by atoms with Crippen molar-refractivity contribution in [2.75, 3.05) is 6.61 Å². The molecule has 0 unspecified atom stereocenters. The van der Waals surface area contributed by atoms with Gasteiger partial charge in [0, 0.05) is 11.6 Å². The lowest BCUT2D eigenvalue weighted by atomic mass is 10.1. The minimum absolute atomic E-state index is 0.0170. The number of hydrogen-bond acceptors (Lipinski definition) is 3. The first-order chi connectivity index (χ1) is 7.45. The van der Waals surface area contributed by atoms with Crippen molar-refractivity contribution in [3.63, 3.8) is 0 Å². The molecule has 0 heterocycles. The highest BCUT2D eigenvalue weighted by Gasteiger charge is 2.10. The maximum absolute atomic E-state index is 11.0. The van der Waals surface area contributed by atoms with Crippen molar-refractivity contribution >= 4 is 21.6 Å². The molecule has 0 aliphatic carbocycles. The Hall–Kier alpha value is -0.620. The zero-order valence-corrected chi connectivity index (χ0v) is 10.3. The van der Waals surface area contributed by atoms with Crippen LogP contribution in [0.1, 0.15) is 18.4 Å². The van der Waals surface area contributed by atoms with Gasteiger partial charge in [-0.1, -0.05) is 17.7 Å². The molecular formula is C10H14ClNO3S. The predicted molar refractivity (Wildman–Crippen MR) is 62.8 cm³/mol. The Kier molecular flexibility index (Phi) is 4.73. The average Bonchev–Trinajstić information content (AvgIpc) is 2.19. The van der Waals surface area contributed by atoms with E-state index in [-0.39, 0.29) is 11.5 Å². The Morgan fingerprint density at radius 3 is 2.50 bits per heavy atom. The van der Waals surface area contributed by atoms with Crippen molar-refractivity contribution in [3.05, 3.63) is 28.8 Å². The van der Waals surface area contributed by atoms with Gasteiger partial charge < -0.3 is 5.11 Å². The van der Waals surface area contributed by atoms with Gasteiger partial charge in [-0.05, 0) is 37.0 Å². The second-order valence-corrected chi connectivity index (χ2v) is 5.45. The van der Waals surface area contributed by atoms with Crippen LogP contribution in [0.15, 0.2) is 23.1 Å². The molecule has 0 radical (unpaired) electrons. The number of hydrogen-bond donors (Lipinski definition) is 2. The summed E-state index contributed by atoms with van der Waals surface area (Å²) in [5.41, 5.74) is 0.863. The van der Waals surface area contributed by atoms with Crippen LogP contribution >= 0.6 is 11.6 Å². The van der Waals surface area contributed by atoms with Crippen molar-refractivity contribution in [3.8, 4) is 0 Å². The number of unbranched alkanes of at least 4 members (excludes halogenated alkanes) is 1. The van der Waals surface area contributed by atoms with E-state index in [1.165, 1.54) is 12.1 Å². The Balaban J connectivity index is 2.84. The van der Waals surface area contributed by atoms with Crippen LogP contribution < -0.4 is 5.14 Å². The predicted octanol–water partition coefficient (Wildman–Crippen LogP) is 1.30. The largest absolute Gasteiger partial charge is 0.396 e. The molecule has 0 saturated carbocycles. The molecule has 1 rings (SSSR count). The minimum atomic E-state index is -3.69. The molecule has 1 aromatic rings. The van der Waals surface area contributed by atoms with E-state index in [0.29, 0.717) is 17.9 Å². The fraction of sp³-hybridized carbons (Fsp3) is 0.400. The summed E-state index contributed by atoms with van der Waals surface area (Å²) in [6.45, 7) is 0.146. The monoisotopic (exact) mass is 263 g/mol. The van der Waals surface area contributed by atoms with Crippen LogP contribution in [0.4, 0.5) is 0 Å². The van der Waals surface area contributed by atoms with Crippen molar-refractivity contribution in [2.45, 2.75) is 24.2 Å². The summed E-state index contributed by atoms with van der Waals surface area (Å²) in [5.74, 6) is 0. The van der Waals surface area contributed by atoms with Gasteiger partial charge in [0.1, 0.15) is 0 Å². The molecule has 0 amide bonds. The van der Waals surface area contributed by atoms with Crippen LogP contribution in [-0.2, 0) is 16.4 Å². The third-order valence-corrected chi connectivity index (χ3v) is 3.47. The normalized spacial score (nSPS) is 11.7. The van der Waals surface area contributed by atoms with Gasteiger partial charge in [-0.15, -0.1) is 0 Å². The zero-order chi connectivity index (χ0) is 12.2. The zero-order valence-electron chi connectivity index (χ0n) is 8.69. The lowest BCUT2D eigenvalue weighted by Gasteiger charge is -2.05. The van der Waals surface area contributed by atoms with E-state index < -0.39 is 10.0 Å². The smallest absolute Gasteiger partial charge is 0.238 e. The number of nitrogens with two attached hydrogens (primary N) is 1. The molecule has 3 N–H and O–H groups in total. The van der Waals surface area contributed by atoms with Gasteiger partial charge in [0.25, 0.3) is 0 Å². The first-order valence-electron chi connectivity index (χ1n) is 4.87. The summed E-state index contributed by atoms with van der Waals surface area (Å²) in [4.78, 5) is 0.0170. The molecule has 0 bridgehead atoms. The lowest BCUT2D eigenvalue weighted by Crippen LogP contribution is -2.12. The van der Waals surface area contributed by atoms with Gasteiger partial charge in [0.05, 0.1) is 4.90 Å². The Labute approximate surface area is 100 Å². The van der Waals surface area contributed by atoms with Crippen LogP contribution in [0.2, 0.25) is 5.02 Å². The van der Waals surface area contributed by atoms with Gasteiger partial charge in [-0.3, -0.25) is 0 Å². The van der Waals surface area contributed by atoms with Crippen LogP contribution in [0.5, 0.6) is 0 Å². The van der Waals surface area contributed by atoms with E-state index >= 15 is 0 Å². The van der Waals surface area contributed by atoms with Gasteiger partial charge >= 0.3 is 0 Å². The fourth-order valence-corrected chi connectivity index (χ4v) is 2.21. The van der Waals surface area contributed by atoms with Crippen LogP contribution in [0.3, 0.4) is 0 Å². The highest BCUT2D eigenvalue weighted by molar-refractivity contribution is 7.89. The average molecular weight is 264 g/mol. The molecule has 4 nitrogen and oxygen atoms in total. The number of rotatable bonds is 5. The molecule has 0 spiro atoms. The van der Waals surface area contributed by atoms with Crippen molar-refractivity contribution in [1.29, 1.82) is 0 Å². The molecule has 0 atom stereocenters. The summed E-state index contributed by atoms with van der Waals surface area (Å²) in [7, 11) is -3.69. The highest BCUT2D eigenvalue weighted by Crippen LogP contribution is 2.21. The molecule has 6 heteroatoms. The lowest BCUT2D eigenvalue weighted by molar-refractivity contribution is 0.284. The quantitative estimate of drug-likeness (QED) is 0.786. The molecule has 90 valence electrons. The summed E-state index contributed by atoms with van der Waals surface area (Å²) in [6.07, 6.45) is 2.22. The molecule has 0 fully saturated rings. The number of halogens is 1. The topological polar surface area (TPSA) is 80.4 Å². The molecule has 0 aliphatic rings. The first kappa shape index (κ1) is 13.4. The Morgan fingerprint density at radius 2 is 2.00 bits per heavy atom. The number of aryl methyl sites for hydroxylation is 1.